The van der Waals surface area contributed by atoms with E-state index in [1.54, 1.807) is 0 Å². The van der Waals surface area contributed by atoms with E-state index in [-0.39, 0.29) is 38.2 Å². The van der Waals surface area contributed by atoms with Crippen LogP contribution in [0.4, 0.5) is 0 Å². The van der Waals surface area contributed by atoms with Gasteiger partial charge in [0.15, 0.2) is 6.10 Å². The maximum Gasteiger partial charge on any atom is 0.424 e. The van der Waals surface area contributed by atoms with Crippen molar-refractivity contribution in [3.05, 3.63) is 0 Å². The summed E-state index contributed by atoms with van der Waals surface area (Å²) in [6.07, 6.45) is 32.4. The number of carbonyl (C=O) groups is 2. The number of nitrogens with zero attached hydrogens (tertiary/aromatic N) is 1. The summed E-state index contributed by atoms with van der Waals surface area (Å²) in [7, 11) is 2.05. The van der Waals surface area contributed by atoms with Crippen LogP contribution in [-0.2, 0) is 42.8 Å². The maximum atomic E-state index is 12.7. The maximum absolute atomic E-state index is 12.7. The van der Waals surface area contributed by atoms with Crippen molar-refractivity contribution in [3.63, 3.8) is 0 Å². The van der Waals surface area contributed by atoms with E-state index < -0.39 is 23.2 Å². The highest BCUT2D eigenvalue weighted by Crippen LogP contribution is 2.53. The first-order valence-electron chi connectivity index (χ1n) is 21.6. The fourth-order valence-corrected chi connectivity index (χ4v) is 6.92. The molecule has 0 spiro atoms. The van der Waals surface area contributed by atoms with Crippen LogP contribution in [0, 0.1) is 0 Å². The zero-order valence-electron chi connectivity index (χ0n) is 36.0. The smallest absolute Gasteiger partial charge is 0.424 e. The van der Waals surface area contributed by atoms with Crippen LogP contribution in [0.2, 0.25) is 0 Å². The Kier molecular flexibility index (Phi) is 38.4. The number of hydrogen-bond donors (Lipinski definition) is 0. The summed E-state index contributed by atoms with van der Waals surface area (Å²) in [4.78, 5) is 25.1. The molecule has 0 radical (unpaired) electrons. The summed E-state index contributed by atoms with van der Waals surface area (Å²) in [6.45, 7) is 0.921. The van der Waals surface area contributed by atoms with Gasteiger partial charge >= 0.3 is 18.9 Å². The topological polar surface area (TPSA) is 145 Å². The van der Waals surface area contributed by atoms with Gasteiger partial charge in [-0.05, 0) is 12.8 Å². The quantitative estimate of drug-likeness (QED) is 0.0193. The standard InChI is InChI=1S/C40H80ClNO7P.CH4O3S/c1-6-8-10-12-14-16-18-20-22-24-26-28-30-32-39(43)46-36-38(37-48-50(41,45)47-35-34-42(3,4)5)49-40(44)33-31-29-27-25-23-21-19-17-15-13-11-9-7-2;1-5(2,3)4/h38H,6-37H2,1-5H3;1H3,(H,2,3,4)/q+1;/p-1/t38-,50?;/m0./s1. The summed E-state index contributed by atoms with van der Waals surface area (Å²) in [6, 6.07) is 0. The molecule has 0 N–H and O–H groups in total. The Labute approximate surface area is 342 Å². The van der Waals surface area contributed by atoms with Gasteiger partial charge in [-0.25, -0.2) is 13.0 Å². The largest absolute Gasteiger partial charge is 0.748 e. The van der Waals surface area contributed by atoms with E-state index in [0.29, 0.717) is 23.7 Å². The van der Waals surface area contributed by atoms with Crippen LogP contribution in [0.15, 0.2) is 0 Å². The summed E-state index contributed by atoms with van der Waals surface area (Å²) in [5, 5.41) is 0. The number of esters is 2. The van der Waals surface area contributed by atoms with E-state index in [2.05, 4.69) is 13.8 Å². The highest BCUT2D eigenvalue weighted by Gasteiger charge is 2.27. The number of ether oxygens (including phenoxy) is 2. The Morgan fingerprint density at radius 2 is 0.927 bits per heavy atom. The van der Waals surface area contributed by atoms with Gasteiger partial charge in [0.1, 0.15) is 19.8 Å². The third-order valence-corrected chi connectivity index (χ3v) is 10.7. The molecular formula is C41H83ClNO10PS. The first-order chi connectivity index (χ1) is 26.0. The van der Waals surface area contributed by atoms with E-state index in [0.717, 1.165) is 38.5 Å². The van der Waals surface area contributed by atoms with Crippen LogP contribution >= 0.6 is 18.2 Å². The molecule has 0 saturated heterocycles. The van der Waals surface area contributed by atoms with E-state index in [1.807, 2.05) is 21.1 Å². The van der Waals surface area contributed by atoms with Crippen molar-refractivity contribution in [2.45, 2.75) is 200 Å². The molecule has 0 amide bonds. The Balaban J connectivity index is 0. The molecule has 330 valence electrons. The number of quaternary nitrogens is 1. The minimum atomic E-state index is -3.92. The first kappa shape index (κ1) is 56.3. The lowest BCUT2D eigenvalue weighted by atomic mass is 10.0. The lowest BCUT2D eigenvalue weighted by Crippen LogP contribution is -2.37. The van der Waals surface area contributed by atoms with Gasteiger partial charge in [0.05, 0.1) is 37.9 Å². The van der Waals surface area contributed by atoms with Crippen molar-refractivity contribution < 1.29 is 50.1 Å². The number of unbranched alkanes of at least 4 members (excludes halogenated alkanes) is 24. The molecule has 0 aliphatic carbocycles. The number of carbonyl (C=O) groups excluding carboxylic acids is 2. The normalized spacial score (nSPS) is 13.5. The highest BCUT2D eigenvalue weighted by molar-refractivity contribution is 7.84. The monoisotopic (exact) mass is 848 g/mol. The molecule has 0 fully saturated rings. The second kappa shape index (κ2) is 37.5. The average Bonchev–Trinajstić information content (AvgIpc) is 3.08. The Bertz CT molecular complexity index is 1050. The molecule has 0 aromatic rings. The minimum Gasteiger partial charge on any atom is -0.748 e. The molecule has 0 aromatic carbocycles. The molecule has 55 heavy (non-hydrogen) atoms. The number of rotatable bonds is 38. The molecular weight excluding hydrogens is 765 g/mol. The Hall–Kier alpha value is -0.750. The lowest BCUT2D eigenvalue weighted by molar-refractivity contribution is -0.870. The molecule has 0 aliphatic heterocycles. The number of likely N-dealkylation sites (N-methyl/N-ethyl adjacent to an activating group) is 1. The SMILES string of the molecule is CCCCCCCCCCCCCCCC(=O)OC[C@@H](COP(=O)(Cl)OCC[N+](C)(C)C)OC(=O)CCCCCCCCCCCCCCC.CS(=O)(=O)[O-]. The molecule has 0 aromatic heterocycles. The molecule has 0 saturated carbocycles. The van der Waals surface area contributed by atoms with Crippen molar-refractivity contribution in [1.82, 2.24) is 0 Å². The van der Waals surface area contributed by atoms with Crippen molar-refractivity contribution in [2.24, 2.45) is 0 Å². The van der Waals surface area contributed by atoms with Crippen LogP contribution < -0.4 is 0 Å². The van der Waals surface area contributed by atoms with Gasteiger partial charge in [-0.2, -0.15) is 0 Å². The minimum absolute atomic E-state index is 0.155. The van der Waals surface area contributed by atoms with Crippen molar-refractivity contribution in [3.8, 4) is 0 Å². The van der Waals surface area contributed by atoms with Gasteiger partial charge in [-0.1, -0.05) is 168 Å². The predicted molar refractivity (Wildman–Crippen MR) is 225 cm³/mol. The Morgan fingerprint density at radius 1 is 0.600 bits per heavy atom. The first-order valence-corrected chi connectivity index (χ1v) is 25.9. The van der Waals surface area contributed by atoms with Gasteiger partial charge in [0.25, 0.3) is 0 Å². The van der Waals surface area contributed by atoms with Gasteiger partial charge in [0, 0.05) is 30.3 Å². The Morgan fingerprint density at radius 3 is 1.27 bits per heavy atom. The van der Waals surface area contributed by atoms with E-state index >= 15 is 0 Å². The van der Waals surface area contributed by atoms with Crippen LogP contribution in [0.5, 0.6) is 0 Å². The third-order valence-electron chi connectivity index (χ3n) is 9.12. The van der Waals surface area contributed by atoms with Crippen LogP contribution in [0.3, 0.4) is 0 Å². The average molecular weight is 849 g/mol. The molecule has 0 aliphatic rings. The van der Waals surface area contributed by atoms with Crippen LogP contribution in [-0.4, -0.2) is 89.3 Å². The van der Waals surface area contributed by atoms with E-state index in [1.165, 1.54) is 128 Å². The summed E-state index contributed by atoms with van der Waals surface area (Å²) in [5.74, 6) is -0.719. The lowest BCUT2D eigenvalue weighted by Gasteiger charge is -2.24. The molecule has 0 rings (SSSR count). The van der Waals surface area contributed by atoms with Crippen molar-refractivity contribution in [1.29, 1.82) is 0 Å². The van der Waals surface area contributed by atoms with E-state index in [4.69, 9.17) is 42.7 Å². The van der Waals surface area contributed by atoms with Crippen LogP contribution in [0.1, 0.15) is 194 Å². The third kappa shape index (κ3) is 51.2. The molecule has 14 heteroatoms. The summed E-state index contributed by atoms with van der Waals surface area (Å²) < 4.78 is 62.2. The molecule has 11 nitrogen and oxygen atoms in total. The van der Waals surface area contributed by atoms with Crippen molar-refractivity contribution in [2.75, 3.05) is 53.8 Å². The van der Waals surface area contributed by atoms with Crippen molar-refractivity contribution >= 4 is 40.2 Å². The number of hydrogen-bond acceptors (Lipinski definition) is 10. The van der Waals surface area contributed by atoms with Gasteiger partial charge < -0.3 is 18.5 Å². The fourth-order valence-electron chi connectivity index (χ4n) is 5.83. The van der Waals surface area contributed by atoms with Gasteiger partial charge in [-0.3, -0.25) is 18.6 Å². The highest BCUT2D eigenvalue weighted by atomic mass is 35.7. The molecule has 0 heterocycles. The number of halogens is 1. The second-order valence-electron chi connectivity index (χ2n) is 16.1. The predicted octanol–water partition coefficient (Wildman–Crippen LogP) is 11.7. The molecule has 1 unspecified atom stereocenters. The second-order valence-corrected chi connectivity index (χ2v) is 20.1. The molecule has 2 atom stereocenters. The summed E-state index contributed by atoms with van der Waals surface area (Å²) >= 11 is 6.03. The van der Waals surface area contributed by atoms with Gasteiger partial charge in [0.2, 0.25) is 0 Å². The zero-order chi connectivity index (χ0) is 41.7. The zero-order valence-corrected chi connectivity index (χ0v) is 38.4. The van der Waals surface area contributed by atoms with Crippen LogP contribution in [0.25, 0.3) is 0 Å². The van der Waals surface area contributed by atoms with Gasteiger partial charge in [-0.15, -0.1) is 0 Å². The fraction of sp³-hybridized carbons (Fsp3) is 0.951. The molecule has 0 bridgehead atoms. The summed E-state index contributed by atoms with van der Waals surface area (Å²) in [5.41, 5.74) is 0. The van der Waals surface area contributed by atoms with E-state index in [9.17, 15) is 14.2 Å².